The summed E-state index contributed by atoms with van der Waals surface area (Å²) in [7, 11) is -2.77. The molecule has 0 unspecified atom stereocenters. The predicted molar refractivity (Wildman–Crippen MR) is 116 cm³/mol. The van der Waals surface area contributed by atoms with Crippen LogP contribution >= 0.6 is 11.3 Å². The summed E-state index contributed by atoms with van der Waals surface area (Å²) >= 11 is 1.03. The highest BCUT2D eigenvalue weighted by molar-refractivity contribution is 7.94. The SMILES string of the molecule is CC[C@H](C)C(=O)N1CCc2c(sc(S(=O)(=O)Nc3cccc(C)c3)c2C(=O)OC)C1. The number of aryl methyl sites for hydroxylation is 1. The van der Waals surface area contributed by atoms with Gasteiger partial charge in [0.1, 0.15) is 0 Å². The van der Waals surface area contributed by atoms with Crippen molar-refractivity contribution in [1.82, 2.24) is 4.90 Å². The third kappa shape index (κ3) is 4.37. The number of nitrogens with one attached hydrogen (secondary N) is 1. The normalized spacial score (nSPS) is 14.7. The van der Waals surface area contributed by atoms with Gasteiger partial charge in [-0.1, -0.05) is 26.0 Å². The van der Waals surface area contributed by atoms with E-state index in [1.807, 2.05) is 26.8 Å². The molecule has 0 saturated carbocycles. The minimum absolute atomic E-state index is 0.0402. The molecule has 0 bridgehead atoms. The highest BCUT2D eigenvalue weighted by atomic mass is 32.2. The Kier molecular flexibility index (Phi) is 6.52. The smallest absolute Gasteiger partial charge is 0.340 e. The number of methoxy groups -OCH3 is 1. The average Bonchev–Trinajstić information content (AvgIpc) is 3.11. The third-order valence-corrected chi connectivity index (χ3v) is 8.39. The van der Waals surface area contributed by atoms with Crippen molar-refractivity contribution in [3.05, 3.63) is 45.8 Å². The second-order valence-electron chi connectivity index (χ2n) is 7.45. The van der Waals surface area contributed by atoms with Crippen LogP contribution in [0.15, 0.2) is 28.5 Å². The van der Waals surface area contributed by atoms with Crippen LogP contribution in [0.2, 0.25) is 0 Å². The number of carbonyl (C=O) groups is 2. The summed E-state index contributed by atoms with van der Waals surface area (Å²) in [4.78, 5) is 27.5. The first kappa shape index (κ1) is 22.3. The Hall–Kier alpha value is -2.39. The Balaban J connectivity index is 2.00. The molecule has 9 heteroatoms. The molecule has 1 aliphatic heterocycles. The van der Waals surface area contributed by atoms with Gasteiger partial charge in [-0.15, -0.1) is 11.3 Å². The zero-order valence-electron chi connectivity index (χ0n) is 17.5. The predicted octanol–water partition coefficient (Wildman–Crippen LogP) is 3.57. The van der Waals surface area contributed by atoms with E-state index in [0.29, 0.717) is 35.6 Å². The Morgan fingerprint density at radius 1 is 1.33 bits per heavy atom. The molecule has 1 N–H and O–H groups in total. The number of esters is 1. The van der Waals surface area contributed by atoms with Crippen molar-refractivity contribution in [3.63, 3.8) is 0 Å². The number of rotatable bonds is 6. The van der Waals surface area contributed by atoms with E-state index in [1.54, 1.807) is 23.1 Å². The topological polar surface area (TPSA) is 92.8 Å². The molecule has 162 valence electrons. The summed E-state index contributed by atoms with van der Waals surface area (Å²) in [5, 5.41) is 0. The van der Waals surface area contributed by atoms with Crippen LogP contribution in [0, 0.1) is 12.8 Å². The lowest BCUT2D eigenvalue weighted by atomic mass is 10.0. The van der Waals surface area contributed by atoms with E-state index in [9.17, 15) is 18.0 Å². The number of nitrogens with zero attached hydrogens (tertiary/aromatic N) is 1. The van der Waals surface area contributed by atoms with Gasteiger partial charge in [0.25, 0.3) is 10.0 Å². The number of anilines is 1. The van der Waals surface area contributed by atoms with E-state index >= 15 is 0 Å². The summed E-state index contributed by atoms with van der Waals surface area (Å²) < 4.78 is 33.7. The van der Waals surface area contributed by atoms with Gasteiger partial charge in [-0.3, -0.25) is 9.52 Å². The molecule has 1 aromatic carbocycles. The van der Waals surface area contributed by atoms with Gasteiger partial charge >= 0.3 is 5.97 Å². The van der Waals surface area contributed by atoms with Crippen molar-refractivity contribution >= 4 is 38.9 Å². The van der Waals surface area contributed by atoms with Crippen LogP contribution < -0.4 is 4.72 Å². The number of amides is 1. The fraction of sp³-hybridized carbons (Fsp3) is 0.429. The zero-order valence-corrected chi connectivity index (χ0v) is 19.2. The molecule has 30 heavy (non-hydrogen) atoms. The first-order valence-electron chi connectivity index (χ1n) is 9.79. The van der Waals surface area contributed by atoms with Crippen LogP contribution in [0.1, 0.15) is 46.6 Å². The average molecular weight is 451 g/mol. The molecule has 3 rings (SSSR count). The van der Waals surface area contributed by atoms with Crippen molar-refractivity contribution in [2.24, 2.45) is 5.92 Å². The summed E-state index contributed by atoms with van der Waals surface area (Å²) in [6, 6.07) is 6.99. The quantitative estimate of drug-likeness (QED) is 0.679. The van der Waals surface area contributed by atoms with Crippen LogP contribution in [-0.2, 0) is 32.5 Å². The number of thiophene rings is 1. The maximum Gasteiger partial charge on any atom is 0.340 e. The number of hydrogen-bond acceptors (Lipinski definition) is 6. The van der Waals surface area contributed by atoms with Crippen molar-refractivity contribution in [2.75, 3.05) is 18.4 Å². The standard InChI is InChI=1S/C21H26N2O5S2/c1-5-14(3)19(24)23-10-9-16-17(12-23)29-21(18(16)20(25)28-4)30(26,27)22-15-8-6-7-13(2)11-15/h6-8,11,14,22H,5,9-10,12H2,1-4H3/t14-/m0/s1. The molecule has 0 saturated heterocycles. The van der Waals surface area contributed by atoms with E-state index in [0.717, 1.165) is 23.3 Å². The minimum Gasteiger partial charge on any atom is -0.465 e. The largest absolute Gasteiger partial charge is 0.465 e. The van der Waals surface area contributed by atoms with E-state index in [-0.39, 0.29) is 21.6 Å². The first-order valence-corrected chi connectivity index (χ1v) is 12.1. The Morgan fingerprint density at radius 3 is 2.70 bits per heavy atom. The number of carbonyl (C=O) groups excluding carboxylic acids is 2. The van der Waals surface area contributed by atoms with Crippen molar-refractivity contribution in [2.45, 2.75) is 44.4 Å². The van der Waals surface area contributed by atoms with Crippen LogP contribution in [0.3, 0.4) is 0 Å². The maximum atomic E-state index is 13.2. The van der Waals surface area contributed by atoms with Crippen molar-refractivity contribution in [1.29, 1.82) is 0 Å². The van der Waals surface area contributed by atoms with Crippen molar-refractivity contribution in [3.8, 4) is 0 Å². The number of sulfonamides is 1. The minimum atomic E-state index is -4.00. The summed E-state index contributed by atoms with van der Waals surface area (Å²) in [5.74, 6) is -0.741. The Labute approximate surface area is 181 Å². The van der Waals surface area contributed by atoms with E-state index in [1.165, 1.54) is 7.11 Å². The Bertz CT molecular complexity index is 1080. The molecule has 2 heterocycles. The summed E-state index contributed by atoms with van der Waals surface area (Å²) in [6.07, 6.45) is 1.15. The van der Waals surface area contributed by atoms with Gasteiger partial charge in [-0.05, 0) is 43.0 Å². The molecule has 7 nitrogen and oxygen atoms in total. The van der Waals surface area contributed by atoms with Crippen LogP contribution in [0.5, 0.6) is 0 Å². The highest BCUT2D eigenvalue weighted by Gasteiger charge is 2.35. The molecule has 0 fully saturated rings. The van der Waals surface area contributed by atoms with Crippen molar-refractivity contribution < 1.29 is 22.7 Å². The highest BCUT2D eigenvalue weighted by Crippen LogP contribution is 2.37. The molecule has 0 aliphatic carbocycles. The van der Waals surface area contributed by atoms with Crippen LogP contribution in [0.25, 0.3) is 0 Å². The summed E-state index contributed by atoms with van der Waals surface area (Å²) in [6.45, 7) is 6.45. The number of hydrogen-bond donors (Lipinski definition) is 1. The van der Waals surface area contributed by atoms with Gasteiger partial charge in [0, 0.05) is 23.0 Å². The molecule has 0 radical (unpaired) electrons. The second kappa shape index (κ2) is 8.77. The molecule has 1 amide bonds. The summed E-state index contributed by atoms with van der Waals surface area (Å²) in [5.41, 5.74) is 2.07. The van der Waals surface area contributed by atoms with Crippen LogP contribution in [-0.4, -0.2) is 38.8 Å². The van der Waals surface area contributed by atoms with E-state index in [4.69, 9.17) is 4.74 Å². The molecule has 1 atom stereocenters. The van der Waals surface area contributed by atoms with Gasteiger partial charge < -0.3 is 9.64 Å². The zero-order chi connectivity index (χ0) is 22.1. The van der Waals surface area contributed by atoms with Gasteiger partial charge in [0.15, 0.2) is 4.21 Å². The molecule has 1 aliphatic rings. The first-order chi connectivity index (χ1) is 14.2. The van der Waals surface area contributed by atoms with E-state index in [2.05, 4.69) is 4.72 Å². The number of ether oxygens (including phenoxy) is 1. The molecule has 1 aromatic heterocycles. The van der Waals surface area contributed by atoms with Gasteiger partial charge in [0.05, 0.1) is 19.2 Å². The molecular weight excluding hydrogens is 424 g/mol. The lowest BCUT2D eigenvalue weighted by molar-refractivity contribution is -0.135. The third-order valence-electron chi connectivity index (χ3n) is 5.27. The molecule has 2 aromatic rings. The molecular formula is C21H26N2O5S2. The monoisotopic (exact) mass is 450 g/mol. The van der Waals surface area contributed by atoms with Gasteiger partial charge in [0.2, 0.25) is 5.91 Å². The number of fused-ring (bicyclic) bond motifs is 1. The lowest BCUT2D eigenvalue weighted by Crippen LogP contribution is -2.38. The Morgan fingerprint density at radius 2 is 2.07 bits per heavy atom. The van der Waals surface area contributed by atoms with Gasteiger partial charge in [-0.2, -0.15) is 0 Å². The number of benzene rings is 1. The van der Waals surface area contributed by atoms with E-state index < -0.39 is 16.0 Å². The molecule has 0 spiro atoms. The maximum absolute atomic E-state index is 13.2. The van der Waals surface area contributed by atoms with Crippen LogP contribution in [0.4, 0.5) is 5.69 Å². The van der Waals surface area contributed by atoms with Gasteiger partial charge in [-0.25, -0.2) is 13.2 Å². The fourth-order valence-electron chi connectivity index (χ4n) is 3.46. The lowest BCUT2D eigenvalue weighted by Gasteiger charge is -2.29. The fourth-order valence-corrected chi connectivity index (χ4v) is 6.41. The second-order valence-corrected chi connectivity index (χ2v) is 10.4.